The third kappa shape index (κ3) is 2.62. The van der Waals surface area contributed by atoms with Crippen LogP contribution in [0.4, 0.5) is 0 Å². The standard InChI is InChI=1S/C14H17N3OS/c1-15-12(13-9-16-19-17-13)8-10-6-7-18-14-5-3-2-4-11(10)14/h2-5,9-10,12,15H,6-8H2,1H3. The molecule has 5 heteroatoms. The molecule has 19 heavy (non-hydrogen) atoms. The second-order valence-corrected chi connectivity index (χ2v) is 5.34. The van der Waals surface area contributed by atoms with E-state index in [2.05, 4.69) is 32.3 Å². The number of rotatable bonds is 4. The van der Waals surface area contributed by atoms with Gasteiger partial charge in [0.2, 0.25) is 0 Å². The topological polar surface area (TPSA) is 47.0 Å². The van der Waals surface area contributed by atoms with Crippen molar-refractivity contribution in [1.29, 1.82) is 0 Å². The Morgan fingerprint density at radius 1 is 1.47 bits per heavy atom. The van der Waals surface area contributed by atoms with E-state index in [0.717, 1.165) is 30.9 Å². The fourth-order valence-corrected chi connectivity index (χ4v) is 3.13. The molecule has 1 aromatic heterocycles. The second-order valence-electron chi connectivity index (χ2n) is 4.78. The van der Waals surface area contributed by atoms with E-state index in [9.17, 15) is 0 Å². The van der Waals surface area contributed by atoms with E-state index in [1.807, 2.05) is 19.3 Å². The highest BCUT2D eigenvalue weighted by atomic mass is 32.1. The van der Waals surface area contributed by atoms with Crippen LogP contribution in [0, 0.1) is 0 Å². The molecule has 1 N–H and O–H groups in total. The molecule has 0 radical (unpaired) electrons. The van der Waals surface area contributed by atoms with Gasteiger partial charge in [-0.05, 0) is 37.4 Å². The minimum atomic E-state index is 0.259. The maximum atomic E-state index is 5.71. The Kier molecular flexibility index (Phi) is 3.75. The molecule has 0 amide bonds. The third-order valence-electron chi connectivity index (χ3n) is 3.69. The number of nitrogens with one attached hydrogen (secondary N) is 1. The lowest BCUT2D eigenvalue weighted by atomic mass is 9.87. The Morgan fingerprint density at radius 3 is 3.16 bits per heavy atom. The van der Waals surface area contributed by atoms with Gasteiger partial charge in [-0.2, -0.15) is 8.75 Å². The molecule has 1 aliphatic rings. The van der Waals surface area contributed by atoms with Crippen molar-refractivity contribution in [2.75, 3.05) is 13.7 Å². The maximum absolute atomic E-state index is 5.71. The zero-order valence-electron chi connectivity index (χ0n) is 10.9. The van der Waals surface area contributed by atoms with Crippen molar-refractivity contribution >= 4 is 11.7 Å². The van der Waals surface area contributed by atoms with Crippen LogP contribution in [-0.4, -0.2) is 22.4 Å². The highest BCUT2D eigenvalue weighted by Gasteiger charge is 2.25. The SMILES string of the molecule is CNC(CC1CCOc2ccccc21)c1cnsn1. The normalized spacial score (nSPS) is 19.5. The van der Waals surface area contributed by atoms with Crippen LogP contribution in [0.15, 0.2) is 30.5 Å². The minimum Gasteiger partial charge on any atom is -0.493 e. The Morgan fingerprint density at radius 2 is 2.37 bits per heavy atom. The first-order valence-electron chi connectivity index (χ1n) is 6.55. The van der Waals surface area contributed by atoms with Crippen LogP contribution in [0.5, 0.6) is 5.75 Å². The number of para-hydroxylation sites is 1. The Bertz CT molecular complexity index is 529. The number of nitrogens with zero attached hydrogens (tertiary/aromatic N) is 2. The summed E-state index contributed by atoms with van der Waals surface area (Å²) >= 11 is 1.27. The van der Waals surface area contributed by atoms with Crippen LogP contribution in [0.2, 0.25) is 0 Å². The molecule has 0 aliphatic carbocycles. The number of ether oxygens (including phenoxy) is 1. The number of aromatic nitrogens is 2. The predicted molar refractivity (Wildman–Crippen MR) is 75.6 cm³/mol. The van der Waals surface area contributed by atoms with Crippen molar-refractivity contribution < 1.29 is 4.74 Å². The summed E-state index contributed by atoms with van der Waals surface area (Å²) in [5.41, 5.74) is 2.36. The van der Waals surface area contributed by atoms with E-state index in [1.165, 1.54) is 17.3 Å². The van der Waals surface area contributed by atoms with Crippen LogP contribution < -0.4 is 10.1 Å². The van der Waals surface area contributed by atoms with Crippen LogP contribution in [-0.2, 0) is 0 Å². The van der Waals surface area contributed by atoms with Gasteiger partial charge in [-0.25, -0.2) is 0 Å². The molecule has 2 atom stereocenters. The number of benzene rings is 1. The van der Waals surface area contributed by atoms with Crippen LogP contribution in [0.3, 0.4) is 0 Å². The maximum Gasteiger partial charge on any atom is 0.122 e. The lowest BCUT2D eigenvalue weighted by Gasteiger charge is -2.28. The van der Waals surface area contributed by atoms with E-state index >= 15 is 0 Å². The Balaban J connectivity index is 1.80. The van der Waals surface area contributed by atoms with Gasteiger partial charge in [-0.1, -0.05) is 18.2 Å². The van der Waals surface area contributed by atoms with Gasteiger partial charge >= 0.3 is 0 Å². The van der Waals surface area contributed by atoms with E-state index in [1.54, 1.807) is 0 Å². The lowest BCUT2D eigenvalue weighted by Crippen LogP contribution is -2.22. The highest BCUT2D eigenvalue weighted by molar-refractivity contribution is 6.99. The zero-order valence-corrected chi connectivity index (χ0v) is 11.7. The Hall–Kier alpha value is -1.46. The van der Waals surface area contributed by atoms with Crippen molar-refractivity contribution in [2.45, 2.75) is 24.8 Å². The first-order chi connectivity index (χ1) is 9.38. The summed E-state index contributed by atoms with van der Waals surface area (Å²) < 4.78 is 14.2. The van der Waals surface area contributed by atoms with Crippen molar-refractivity contribution in [2.24, 2.45) is 0 Å². The van der Waals surface area contributed by atoms with Crippen molar-refractivity contribution in [3.8, 4) is 5.75 Å². The van der Waals surface area contributed by atoms with Gasteiger partial charge in [0.1, 0.15) is 5.75 Å². The minimum absolute atomic E-state index is 0.259. The first-order valence-corrected chi connectivity index (χ1v) is 7.28. The molecule has 100 valence electrons. The average molecular weight is 275 g/mol. The molecular weight excluding hydrogens is 258 g/mol. The van der Waals surface area contributed by atoms with Gasteiger partial charge in [0.05, 0.1) is 36.3 Å². The number of fused-ring (bicyclic) bond motifs is 1. The number of hydrogen-bond donors (Lipinski definition) is 1. The van der Waals surface area contributed by atoms with Crippen LogP contribution >= 0.6 is 11.7 Å². The van der Waals surface area contributed by atoms with Crippen LogP contribution in [0.25, 0.3) is 0 Å². The molecule has 2 aromatic rings. The summed E-state index contributed by atoms with van der Waals surface area (Å²) in [5.74, 6) is 1.55. The second kappa shape index (κ2) is 5.67. The summed E-state index contributed by atoms with van der Waals surface area (Å²) in [6.07, 6.45) is 3.95. The molecule has 0 saturated heterocycles. The summed E-state index contributed by atoms with van der Waals surface area (Å²) in [6.45, 7) is 0.799. The molecule has 1 aliphatic heterocycles. The van der Waals surface area contributed by atoms with Crippen molar-refractivity contribution in [3.05, 3.63) is 41.7 Å². The highest BCUT2D eigenvalue weighted by Crippen LogP contribution is 2.38. The van der Waals surface area contributed by atoms with Gasteiger partial charge in [-0.3, -0.25) is 0 Å². The van der Waals surface area contributed by atoms with E-state index in [-0.39, 0.29) is 6.04 Å². The van der Waals surface area contributed by atoms with E-state index in [0.29, 0.717) is 5.92 Å². The average Bonchev–Trinajstić information content (AvgIpc) is 2.99. The lowest BCUT2D eigenvalue weighted by molar-refractivity contribution is 0.256. The molecule has 2 heterocycles. The smallest absolute Gasteiger partial charge is 0.122 e. The molecule has 0 spiro atoms. The quantitative estimate of drug-likeness (QED) is 0.932. The van der Waals surface area contributed by atoms with Gasteiger partial charge in [-0.15, -0.1) is 0 Å². The Labute approximate surface area is 117 Å². The largest absolute Gasteiger partial charge is 0.493 e. The summed E-state index contributed by atoms with van der Waals surface area (Å²) in [6, 6.07) is 8.60. The molecule has 2 unspecified atom stereocenters. The van der Waals surface area contributed by atoms with Gasteiger partial charge < -0.3 is 10.1 Å². The van der Waals surface area contributed by atoms with Gasteiger partial charge in [0.25, 0.3) is 0 Å². The summed E-state index contributed by atoms with van der Waals surface area (Å²) in [7, 11) is 1.98. The van der Waals surface area contributed by atoms with E-state index in [4.69, 9.17) is 4.74 Å². The molecular formula is C14H17N3OS. The fraction of sp³-hybridized carbons (Fsp3) is 0.429. The monoisotopic (exact) mass is 275 g/mol. The molecule has 4 nitrogen and oxygen atoms in total. The molecule has 0 bridgehead atoms. The predicted octanol–water partition coefficient (Wildman–Crippen LogP) is 2.76. The van der Waals surface area contributed by atoms with Gasteiger partial charge in [0.15, 0.2) is 0 Å². The fourth-order valence-electron chi connectivity index (χ4n) is 2.66. The van der Waals surface area contributed by atoms with E-state index < -0.39 is 0 Å². The number of hydrogen-bond acceptors (Lipinski definition) is 5. The van der Waals surface area contributed by atoms with Crippen LogP contribution in [0.1, 0.15) is 36.1 Å². The molecule has 3 rings (SSSR count). The first kappa shape index (κ1) is 12.6. The molecule has 1 aromatic carbocycles. The summed E-state index contributed by atoms with van der Waals surface area (Å²) in [4.78, 5) is 0. The van der Waals surface area contributed by atoms with Gasteiger partial charge in [0, 0.05) is 0 Å². The third-order valence-corrected chi connectivity index (χ3v) is 4.18. The zero-order chi connectivity index (χ0) is 13.1. The van der Waals surface area contributed by atoms with Crippen molar-refractivity contribution in [1.82, 2.24) is 14.1 Å². The van der Waals surface area contributed by atoms with Crippen molar-refractivity contribution in [3.63, 3.8) is 0 Å². The summed E-state index contributed by atoms with van der Waals surface area (Å²) in [5, 5.41) is 3.35. The molecule has 0 saturated carbocycles. The molecule has 0 fully saturated rings.